The summed E-state index contributed by atoms with van der Waals surface area (Å²) < 4.78 is 5.18. The van der Waals surface area contributed by atoms with Crippen LogP contribution < -0.4 is 4.74 Å². The third-order valence-corrected chi connectivity index (χ3v) is 3.69. The molecule has 0 spiro atoms. The lowest BCUT2D eigenvalue weighted by Crippen LogP contribution is -1.88. The maximum Gasteiger partial charge on any atom is 0.179 e. The van der Waals surface area contributed by atoms with E-state index >= 15 is 0 Å². The molecule has 0 amide bonds. The monoisotopic (exact) mass is 303 g/mol. The van der Waals surface area contributed by atoms with Crippen LogP contribution in [0, 0.1) is 0 Å². The second-order valence-electron chi connectivity index (χ2n) is 5.08. The number of tetrazole rings is 1. The fourth-order valence-corrected chi connectivity index (χ4v) is 2.48. The van der Waals surface area contributed by atoms with Gasteiger partial charge in [-0.1, -0.05) is 6.07 Å². The van der Waals surface area contributed by atoms with Gasteiger partial charge in [-0.25, -0.2) is 10.1 Å². The molecule has 0 bridgehead atoms. The Balaban J connectivity index is 1.74. The molecule has 6 heteroatoms. The lowest BCUT2D eigenvalue weighted by molar-refractivity contribution is 0.415. The van der Waals surface area contributed by atoms with Crippen LogP contribution in [-0.2, 0) is 0 Å². The highest BCUT2D eigenvalue weighted by molar-refractivity contribution is 5.85. The molecule has 4 aromatic rings. The van der Waals surface area contributed by atoms with Gasteiger partial charge < -0.3 is 4.74 Å². The van der Waals surface area contributed by atoms with E-state index in [1.807, 2.05) is 48.5 Å². The first-order chi connectivity index (χ1) is 11.3. The molecule has 0 unspecified atom stereocenters. The number of pyridine rings is 1. The van der Waals surface area contributed by atoms with E-state index in [0.717, 1.165) is 33.5 Å². The average molecular weight is 303 g/mol. The predicted octanol–water partition coefficient (Wildman–Crippen LogP) is 3.09. The fraction of sp³-hybridized carbons (Fsp3) is 0.0588. The number of hydrogen-bond donors (Lipinski definition) is 1. The number of nitrogens with one attached hydrogen (secondary N) is 1. The van der Waals surface area contributed by atoms with Crippen molar-refractivity contribution < 1.29 is 4.74 Å². The van der Waals surface area contributed by atoms with Crippen LogP contribution in [0.15, 0.2) is 54.6 Å². The second kappa shape index (κ2) is 5.49. The molecule has 0 saturated carbocycles. The fourth-order valence-electron chi connectivity index (χ4n) is 2.48. The molecule has 6 nitrogen and oxygen atoms in total. The minimum atomic E-state index is 0.645. The Hall–Kier alpha value is -3.28. The van der Waals surface area contributed by atoms with Gasteiger partial charge >= 0.3 is 0 Å². The van der Waals surface area contributed by atoms with Gasteiger partial charge in [-0.05, 0) is 59.0 Å². The minimum Gasteiger partial charge on any atom is -0.497 e. The summed E-state index contributed by atoms with van der Waals surface area (Å²) in [5, 5.41) is 14.9. The van der Waals surface area contributed by atoms with E-state index in [1.165, 1.54) is 0 Å². The standard InChI is InChI=1S/C17H13N5O/c1-23-14-6-2-11(3-7-14)15-8-4-12-10-13(5-9-16(12)18-15)17-19-21-22-20-17/h2-10H,1H3,(H,19,20,21,22). The van der Waals surface area contributed by atoms with Crippen molar-refractivity contribution in [2.24, 2.45) is 0 Å². The zero-order valence-corrected chi connectivity index (χ0v) is 12.4. The number of H-pyrrole nitrogens is 1. The molecule has 0 atom stereocenters. The molecule has 2 aromatic heterocycles. The van der Waals surface area contributed by atoms with Crippen LogP contribution in [0.25, 0.3) is 33.5 Å². The van der Waals surface area contributed by atoms with Crippen LogP contribution in [0.4, 0.5) is 0 Å². The smallest absolute Gasteiger partial charge is 0.179 e. The molecule has 0 saturated heterocycles. The van der Waals surface area contributed by atoms with Crippen molar-refractivity contribution >= 4 is 10.9 Å². The normalized spacial score (nSPS) is 10.8. The number of nitrogens with zero attached hydrogens (tertiary/aromatic N) is 4. The summed E-state index contributed by atoms with van der Waals surface area (Å²) in [6, 6.07) is 17.9. The van der Waals surface area contributed by atoms with E-state index in [2.05, 4.69) is 26.7 Å². The lowest BCUT2D eigenvalue weighted by atomic mass is 10.1. The molecular weight excluding hydrogens is 290 g/mol. The molecule has 2 heterocycles. The van der Waals surface area contributed by atoms with Gasteiger partial charge in [-0.3, -0.25) is 0 Å². The third kappa shape index (κ3) is 2.50. The number of benzene rings is 2. The Bertz CT molecular complexity index is 949. The van der Waals surface area contributed by atoms with Crippen LogP contribution in [0.2, 0.25) is 0 Å². The number of fused-ring (bicyclic) bond motifs is 1. The van der Waals surface area contributed by atoms with E-state index < -0.39 is 0 Å². The molecular formula is C17H13N5O. The molecule has 0 aliphatic rings. The average Bonchev–Trinajstić information content (AvgIpc) is 3.15. The first-order valence-corrected chi connectivity index (χ1v) is 7.13. The van der Waals surface area contributed by atoms with Crippen molar-refractivity contribution in [1.82, 2.24) is 25.6 Å². The zero-order chi connectivity index (χ0) is 15.6. The Morgan fingerprint density at radius 3 is 2.48 bits per heavy atom. The SMILES string of the molecule is COc1ccc(-c2ccc3cc(-c4nnn[nH]4)ccc3n2)cc1. The Morgan fingerprint density at radius 2 is 1.74 bits per heavy atom. The van der Waals surface area contributed by atoms with Crippen molar-refractivity contribution in [3.8, 4) is 28.4 Å². The van der Waals surface area contributed by atoms with Crippen LogP contribution in [0.5, 0.6) is 5.75 Å². The Labute approximate surface area is 132 Å². The van der Waals surface area contributed by atoms with Crippen LogP contribution in [-0.4, -0.2) is 32.7 Å². The number of aromatic amines is 1. The van der Waals surface area contributed by atoms with E-state index in [-0.39, 0.29) is 0 Å². The van der Waals surface area contributed by atoms with Gasteiger partial charge in [0, 0.05) is 16.5 Å². The van der Waals surface area contributed by atoms with Crippen LogP contribution >= 0.6 is 0 Å². The van der Waals surface area contributed by atoms with Crippen molar-refractivity contribution in [2.75, 3.05) is 7.11 Å². The number of rotatable bonds is 3. The second-order valence-corrected chi connectivity index (χ2v) is 5.08. The Kier molecular flexibility index (Phi) is 3.20. The number of hydrogen-bond acceptors (Lipinski definition) is 5. The van der Waals surface area contributed by atoms with Crippen molar-refractivity contribution in [3.05, 3.63) is 54.6 Å². The van der Waals surface area contributed by atoms with E-state index in [1.54, 1.807) is 7.11 Å². The van der Waals surface area contributed by atoms with Crippen molar-refractivity contribution in [2.45, 2.75) is 0 Å². The molecule has 1 N–H and O–H groups in total. The van der Waals surface area contributed by atoms with E-state index in [0.29, 0.717) is 5.82 Å². The van der Waals surface area contributed by atoms with Gasteiger partial charge in [0.05, 0.1) is 18.3 Å². The largest absolute Gasteiger partial charge is 0.497 e. The van der Waals surface area contributed by atoms with Crippen LogP contribution in [0.3, 0.4) is 0 Å². The topological polar surface area (TPSA) is 76.6 Å². The summed E-state index contributed by atoms with van der Waals surface area (Å²) in [7, 11) is 1.66. The molecule has 4 rings (SSSR count). The summed E-state index contributed by atoms with van der Waals surface area (Å²) in [5.74, 6) is 1.48. The highest BCUT2D eigenvalue weighted by Gasteiger charge is 2.06. The highest BCUT2D eigenvalue weighted by Crippen LogP contribution is 2.25. The maximum atomic E-state index is 5.18. The molecule has 0 aliphatic heterocycles. The number of aromatic nitrogens is 5. The first kappa shape index (κ1) is 13.4. The number of methoxy groups -OCH3 is 1. The molecule has 0 fully saturated rings. The summed E-state index contributed by atoms with van der Waals surface area (Å²) >= 11 is 0. The van der Waals surface area contributed by atoms with Crippen molar-refractivity contribution in [3.63, 3.8) is 0 Å². The van der Waals surface area contributed by atoms with Crippen molar-refractivity contribution in [1.29, 1.82) is 0 Å². The maximum absolute atomic E-state index is 5.18. The molecule has 0 aliphatic carbocycles. The third-order valence-electron chi connectivity index (χ3n) is 3.69. The van der Waals surface area contributed by atoms with Gasteiger partial charge in [0.25, 0.3) is 0 Å². The van der Waals surface area contributed by atoms with Gasteiger partial charge in [0.2, 0.25) is 0 Å². The van der Waals surface area contributed by atoms with E-state index in [4.69, 9.17) is 9.72 Å². The summed E-state index contributed by atoms with van der Waals surface area (Å²) in [4.78, 5) is 4.72. The summed E-state index contributed by atoms with van der Waals surface area (Å²) in [6.07, 6.45) is 0. The van der Waals surface area contributed by atoms with E-state index in [9.17, 15) is 0 Å². The number of ether oxygens (including phenoxy) is 1. The minimum absolute atomic E-state index is 0.645. The molecule has 112 valence electrons. The first-order valence-electron chi connectivity index (χ1n) is 7.13. The molecule has 23 heavy (non-hydrogen) atoms. The zero-order valence-electron chi connectivity index (χ0n) is 12.4. The molecule has 0 radical (unpaired) electrons. The van der Waals surface area contributed by atoms with Gasteiger partial charge in [0.1, 0.15) is 5.75 Å². The predicted molar refractivity (Wildman–Crippen MR) is 86.9 cm³/mol. The van der Waals surface area contributed by atoms with Gasteiger partial charge in [0.15, 0.2) is 5.82 Å². The van der Waals surface area contributed by atoms with Gasteiger partial charge in [-0.2, -0.15) is 0 Å². The van der Waals surface area contributed by atoms with Crippen LogP contribution in [0.1, 0.15) is 0 Å². The Morgan fingerprint density at radius 1 is 0.913 bits per heavy atom. The highest BCUT2D eigenvalue weighted by atomic mass is 16.5. The van der Waals surface area contributed by atoms with Gasteiger partial charge in [-0.15, -0.1) is 5.10 Å². The summed E-state index contributed by atoms with van der Waals surface area (Å²) in [5.41, 5.74) is 3.83. The summed E-state index contributed by atoms with van der Waals surface area (Å²) in [6.45, 7) is 0. The lowest BCUT2D eigenvalue weighted by Gasteiger charge is -2.05. The quantitative estimate of drug-likeness (QED) is 0.629. The molecule has 2 aromatic carbocycles.